The number of nitrogens with one attached hydrogen (secondary N) is 2. The molecule has 2 N–H and O–H groups in total. The Balaban J connectivity index is 1.31. The number of aryl methyl sites for hydroxylation is 1. The Labute approximate surface area is 195 Å². The Kier molecular flexibility index (Phi) is 6.93. The molecule has 0 bridgehead atoms. The fraction of sp³-hybridized carbons (Fsp3) is 0.200. The summed E-state index contributed by atoms with van der Waals surface area (Å²) in [5.41, 5.74) is 2.55. The van der Waals surface area contributed by atoms with E-state index in [-0.39, 0.29) is 11.9 Å². The van der Waals surface area contributed by atoms with Crippen molar-refractivity contribution < 1.29 is 18.4 Å². The molecule has 0 aromatic heterocycles. The lowest BCUT2D eigenvalue weighted by molar-refractivity contribution is 0.0990. The first-order valence-electron chi connectivity index (χ1n) is 10.6. The molecule has 5 nitrogen and oxygen atoms in total. The van der Waals surface area contributed by atoms with Gasteiger partial charge in [-0.25, -0.2) is 13.6 Å². The number of anilines is 2. The molecule has 0 spiro atoms. The second kappa shape index (κ2) is 10.0. The Hall–Kier alpha value is -3.39. The summed E-state index contributed by atoms with van der Waals surface area (Å²) >= 11 is 1.52. The van der Waals surface area contributed by atoms with Crippen LogP contribution in [0.15, 0.2) is 70.5 Å². The molecular weight excluding hydrogens is 444 g/mol. The molecule has 0 fully saturated rings. The Morgan fingerprint density at radius 2 is 1.73 bits per heavy atom. The predicted molar refractivity (Wildman–Crippen MR) is 126 cm³/mol. The quantitative estimate of drug-likeness (QED) is 0.447. The first kappa shape index (κ1) is 22.8. The fourth-order valence-corrected chi connectivity index (χ4v) is 4.76. The molecule has 0 atom stereocenters. The first-order chi connectivity index (χ1) is 15.9. The molecule has 0 saturated carbocycles. The highest BCUT2D eigenvalue weighted by molar-refractivity contribution is 7.99. The zero-order chi connectivity index (χ0) is 23.4. The highest BCUT2D eigenvalue weighted by atomic mass is 32.2. The van der Waals surface area contributed by atoms with Crippen LogP contribution in [0.5, 0.6) is 0 Å². The lowest BCUT2D eigenvalue weighted by atomic mass is 10.1. The number of amides is 3. The van der Waals surface area contributed by atoms with Crippen molar-refractivity contribution >= 4 is 35.1 Å². The smallest absolute Gasteiger partial charge is 0.319 e. The van der Waals surface area contributed by atoms with Crippen LogP contribution in [0.2, 0.25) is 0 Å². The van der Waals surface area contributed by atoms with Gasteiger partial charge in [0.15, 0.2) is 0 Å². The number of urea groups is 1. The summed E-state index contributed by atoms with van der Waals surface area (Å²) in [5, 5.41) is 5.58. The topological polar surface area (TPSA) is 61.4 Å². The molecule has 4 rings (SSSR count). The molecule has 8 heteroatoms. The number of carbonyl (C=O) groups excluding carboxylic acids is 2. The van der Waals surface area contributed by atoms with Crippen molar-refractivity contribution in [3.63, 3.8) is 0 Å². The fourth-order valence-electron chi connectivity index (χ4n) is 3.67. The number of halogens is 2. The molecule has 0 unspecified atom stereocenters. The molecule has 3 amide bonds. The molecule has 0 saturated heterocycles. The summed E-state index contributed by atoms with van der Waals surface area (Å²) in [7, 11) is 1.72. The summed E-state index contributed by atoms with van der Waals surface area (Å²) in [4.78, 5) is 28.5. The third kappa shape index (κ3) is 5.51. The minimum absolute atomic E-state index is 0.100. The molecule has 3 aromatic rings. The van der Waals surface area contributed by atoms with Crippen LogP contribution < -0.4 is 15.5 Å². The second-order valence-corrected chi connectivity index (χ2v) is 8.84. The number of rotatable bonds is 6. The zero-order valence-electron chi connectivity index (χ0n) is 18.0. The third-order valence-corrected chi connectivity index (χ3v) is 6.46. The van der Waals surface area contributed by atoms with Crippen LogP contribution in [0, 0.1) is 11.6 Å². The molecule has 0 aliphatic carbocycles. The van der Waals surface area contributed by atoms with E-state index in [2.05, 4.69) is 10.6 Å². The monoisotopic (exact) mass is 467 g/mol. The van der Waals surface area contributed by atoms with Gasteiger partial charge in [-0.05, 0) is 67.3 Å². The van der Waals surface area contributed by atoms with Gasteiger partial charge in [-0.15, -0.1) is 0 Å². The number of fused-ring (bicyclic) bond motifs is 2. The van der Waals surface area contributed by atoms with Crippen LogP contribution in [0.1, 0.15) is 28.8 Å². The third-order valence-electron chi connectivity index (χ3n) is 5.32. The summed E-state index contributed by atoms with van der Waals surface area (Å²) in [5.74, 6) is -1.27. The van der Waals surface area contributed by atoms with Crippen molar-refractivity contribution in [1.82, 2.24) is 5.32 Å². The molecule has 170 valence electrons. The first-order valence-corrected chi connectivity index (χ1v) is 11.4. The van der Waals surface area contributed by atoms with E-state index >= 15 is 0 Å². The van der Waals surface area contributed by atoms with E-state index in [9.17, 15) is 18.4 Å². The van der Waals surface area contributed by atoms with Crippen molar-refractivity contribution in [2.75, 3.05) is 23.8 Å². The van der Waals surface area contributed by atoms with Gasteiger partial charge in [0, 0.05) is 35.1 Å². The summed E-state index contributed by atoms with van der Waals surface area (Å²) in [6.07, 6.45) is 1.89. The maximum atomic E-state index is 13.2. The average molecular weight is 468 g/mol. The van der Waals surface area contributed by atoms with Crippen molar-refractivity contribution in [2.45, 2.75) is 29.1 Å². The molecule has 1 heterocycles. The molecule has 1 aliphatic rings. The van der Waals surface area contributed by atoms with Gasteiger partial charge in [0.1, 0.15) is 11.6 Å². The lowest BCUT2D eigenvalue weighted by Crippen LogP contribution is -2.30. The summed E-state index contributed by atoms with van der Waals surface area (Å²) < 4.78 is 26.5. The SMILES string of the molecule is CN1C(=O)c2ccccc2Sc2ccc(NC(=O)NCCCCc3cc(F)cc(F)c3)cc21. The van der Waals surface area contributed by atoms with E-state index in [1.807, 2.05) is 30.3 Å². The van der Waals surface area contributed by atoms with Crippen LogP contribution in [0.3, 0.4) is 0 Å². The number of hydrogen-bond acceptors (Lipinski definition) is 3. The van der Waals surface area contributed by atoms with Gasteiger partial charge in [0.05, 0.1) is 11.3 Å². The van der Waals surface area contributed by atoms with Crippen LogP contribution >= 0.6 is 11.8 Å². The minimum atomic E-state index is -0.585. The average Bonchev–Trinajstić information content (AvgIpc) is 2.88. The molecular formula is C25H23F2N3O2S. The van der Waals surface area contributed by atoms with Crippen molar-refractivity contribution in [2.24, 2.45) is 0 Å². The maximum absolute atomic E-state index is 13.2. The van der Waals surface area contributed by atoms with Crippen LogP contribution in [-0.2, 0) is 6.42 Å². The molecule has 0 radical (unpaired) electrons. The lowest BCUT2D eigenvalue weighted by Gasteiger charge is -2.18. The zero-order valence-corrected chi connectivity index (χ0v) is 18.8. The molecule has 3 aromatic carbocycles. The predicted octanol–water partition coefficient (Wildman–Crippen LogP) is 5.85. The van der Waals surface area contributed by atoms with E-state index in [0.717, 1.165) is 21.5 Å². The van der Waals surface area contributed by atoms with E-state index in [4.69, 9.17) is 0 Å². The van der Waals surface area contributed by atoms with Crippen LogP contribution in [0.4, 0.5) is 25.0 Å². The number of hydrogen-bond donors (Lipinski definition) is 2. The number of benzene rings is 3. The summed E-state index contributed by atoms with van der Waals surface area (Å²) in [6, 6.07) is 16.1. The highest BCUT2D eigenvalue weighted by Crippen LogP contribution is 2.41. The van der Waals surface area contributed by atoms with E-state index in [0.29, 0.717) is 42.6 Å². The van der Waals surface area contributed by atoms with Crippen molar-refractivity contribution in [1.29, 1.82) is 0 Å². The van der Waals surface area contributed by atoms with Gasteiger partial charge in [-0.1, -0.05) is 23.9 Å². The van der Waals surface area contributed by atoms with Gasteiger partial charge in [-0.3, -0.25) is 4.79 Å². The molecule has 33 heavy (non-hydrogen) atoms. The highest BCUT2D eigenvalue weighted by Gasteiger charge is 2.24. The largest absolute Gasteiger partial charge is 0.338 e. The van der Waals surface area contributed by atoms with Gasteiger partial charge in [0.25, 0.3) is 5.91 Å². The number of nitrogens with zero attached hydrogens (tertiary/aromatic N) is 1. The minimum Gasteiger partial charge on any atom is -0.338 e. The summed E-state index contributed by atoms with van der Waals surface area (Å²) in [6.45, 7) is 0.429. The second-order valence-electron chi connectivity index (χ2n) is 7.76. The standard InChI is InChI=1S/C25H23F2N3O2S/c1-30-21-15-19(9-10-23(21)33-22-8-3-2-7-20(22)24(30)31)29-25(32)28-11-5-4-6-16-12-17(26)14-18(27)13-16/h2-3,7-10,12-15H,4-6,11H2,1H3,(H2,28,29,32). The Morgan fingerprint density at radius 1 is 0.970 bits per heavy atom. The normalized spacial score (nSPS) is 12.6. The van der Waals surface area contributed by atoms with Gasteiger partial charge < -0.3 is 15.5 Å². The Morgan fingerprint density at radius 3 is 2.52 bits per heavy atom. The van der Waals surface area contributed by atoms with E-state index in [1.165, 1.54) is 23.9 Å². The van der Waals surface area contributed by atoms with Crippen molar-refractivity contribution in [3.8, 4) is 0 Å². The molecule has 1 aliphatic heterocycles. The van der Waals surface area contributed by atoms with E-state index in [1.54, 1.807) is 24.1 Å². The van der Waals surface area contributed by atoms with Crippen LogP contribution in [0.25, 0.3) is 0 Å². The van der Waals surface area contributed by atoms with Gasteiger partial charge in [0.2, 0.25) is 0 Å². The Bertz CT molecular complexity index is 1180. The van der Waals surface area contributed by atoms with Crippen LogP contribution in [-0.4, -0.2) is 25.5 Å². The number of carbonyl (C=O) groups is 2. The maximum Gasteiger partial charge on any atom is 0.319 e. The number of unbranched alkanes of at least 4 members (excludes halogenated alkanes) is 1. The van der Waals surface area contributed by atoms with Gasteiger partial charge >= 0.3 is 6.03 Å². The van der Waals surface area contributed by atoms with Crippen molar-refractivity contribution in [3.05, 3.63) is 83.4 Å². The van der Waals surface area contributed by atoms with Gasteiger partial charge in [-0.2, -0.15) is 0 Å². The van der Waals surface area contributed by atoms with E-state index < -0.39 is 11.6 Å².